The summed E-state index contributed by atoms with van der Waals surface area (Å²) in [6.45, 7) is 1.93. The molecule has 0 heterocycles. The van der Waals surface area contributed by atoms with Gasteiger partial charge in [0.15, 0.2) is 0 Å². The van der Waals surface area contributed by atoms with Crippen LogP contribution in [0.3, 0.4) is 0 Å². The molecule has 3 N–H and O–H groups in total. The molecule has 0 amide bonds. The summed E-state index contributed by atoms with van der Waals surface area (Å²) in [4.78, 5) is 0. The summed E-state index contributed by atoms with van der Waals surface area (Å²) in [5.41, 5.74) is 6.41. The standard InChI is InChI=1S/C10H14ClNO2.ClH/c1-3-7(12)9-8(14-2)5-4-6(11)10(9)13;/h4-5,7,13H,3,12H2,1-2H3;1H/t7-;/m0./s1. The van der Waals surface area contributed by atoms with E-state index in [-0.39, 0.29) is 24.2 Å². The van der Waals surface area contributed by atoms with Crippen molar-refractivity contribution in [3.05, 3.63) is 22.7 Å². The SMILES string of the molecule is CC[C@H](N)c1c(OC)ccc(Cl)c1O.Cl. The van der Waals surface area contributed by atoms with Crippen LogP contribution in [0.15, 0.2) is 12.1 Å². The third-order valence-corrected chi connectivity index (χ3v) is 2.46. The molecule has 0 spiro atoms. The third kappa shape index (κ3) is 2.91. The fraction of sp³-hybridized carbons (Fsp3) is 0.400. The molecule has 1 aromatic carbocycles. The van der Waals surface area contributed by atoms with Crippen LogP contribution in [0.1, 0.15) is 24.9 Å². The van der Waals surface area contributed by atoms with Crippen LogP contribution in [0.5, 0.6) is 11.5 Å². The molecule has 86 valence electrons. The summed E-state index contributed by atoms with van der Waals surface area (Å²) >= 11 is 5.78. The Morgan fingerprint density at radius 1 is 1.53 bits per heavy atom. The molecule has 0 bridgehead atoms. The number of rotatable bonds is 3. The molecule has 1 rings (SSSR count). The first-order chi connectivity index (χ1) is 6.61. The van der Waals surface area contributed by atoms with Gasteiger partial charge < -0.3 is 15.6 Å². The number of ether oxygens (including phenoxy) is 1. The molecule has 3 nitrogen and oxygen atoms in total. The predicted molar refractivity (Wildman–Crippen MR) is 64.1 cm³/mol. The maximum Gasteiger partial charge on any atom is 0.142 e. The number of benzene rings is 1. The average molecular weight is 252 g/mol. The lowest BCUT2D eigenvalue weighted by atomic mass is 10.0. The zero-order valence-electron chi connectivity index (χ0n) is 8.66. The van der Waals surface area contributed by atoms with Crippen molar-refractivity contribution < 1.29 is 9.84 Å². The van der Waals surface area contributed by atoms with Crippen LogP contribution in [0.2, 0.25) is 5.02 Å². The van der Waals surface area contributed by atoms with E-state index >= 15 is 0 Å². The Morgan fingerprint density at radius 3 is 2.60 bits per heavy atom. The Bertz CT molecular complexity index is 331. The zero-order valence-corrected chi connectivity index (χ0v) is 10.2. The molecule has 1 aromatic rings. The van der Waals surface area contributed by atoms with Crippen molar-refractivity contribution in [1.29, 1.82) is 0 Å². The van der Waals surface area contributed by atoms with Crippen LogP contribution in [-0.2, 0) is 0 Å². The van der Waals surface area contributed by atoms with E-state index in [1.165, 1.54) is 7.11 Å². The second-order valence-electron chi connectivity index (χ2n) is 3.03. The van der Waals surface area contributed by atoms with Crippen molar-refractivity contribution >= 4 is 24.0 Å². The Kier molecular flexibility index (Phi) is 5.80. The van der Waals surface area contributed by atoms with Crippen LogP contribution in [-0.4, -0.2) is 12.2 Å². The van der Waals surface area contributed by atoms with Crippen molar-refractivity contribution in [3.63, 3.8) is 0 Å². The summed E-state index contributed by atoms with van der Waals surface area (Å²) in [5, 5.41) is 10.0. The summed E-state index contributed by atoms with van der Waals surface area (Å²) < 4.78 is 5.11. The topological polar surface area (TPSA) is 55.5 Å². The Hall–Kier alpha value is -0.640. The lowest BCUT2D eigenvalue weighted by Gasteiger charge is -2.16. The third-order valence-electron chi connectivity index (χ3n) is 2.16. The van der Waals surface area contributed by atoms with Gasteiger partial charge in [-0.05, 0) is 18.6 Å². The van der Waals surface area contributed by atoms with Gasteiger partial charge in [-0.2, -0.15) is 0 Å². The zero-order chi connectivity index (χ0) is 10.7. The Labute approximate surface area is 101 Å². The molecule has 5 heteroatoms. The van der Waals surface area contributed by atoms with Crippen LogP contribution < -0.4 is 10.5 Å². The van der Waals surface area contributed by atoms with Gasteiger partial charge in [-0.1, -0.05) is 18.5 Å². The average Bonchev–Trinajstić information content (AvgIpc) is 2.20. The molecule has 0 aromatic heterocycles. The van der Waals surface area contributed by atoms with E-state index in [0.717, 1.165) is 0 Å². The first kappa shape index (κ1) is 14.4. The van der Waals surface area contributed by atoms with Gasteiger partial charge in [-0.25, -0.2) is 0 Å². The maximum absolute atomic E-state index is 9.72. The molecule has 0 unspecified atom stereocenters. The van der Waals surface area contributed by atoms with E-state index in [2.05, 4.69) is 0 Å². The van der Waals surface area contributed by atoms with E-state index in [1.54, 1.807) is 12.1 Å². The summed E-state index contributed by atoms with van der Waals surface area (Å²) in [6, 6.07) is 3.03. The highest BCUT2D eigenvalue weighted by Gasteiger charge is 2.17. The number of halogens is 2. The van der Waals surface area contributed by atoms with E-state index in [4.69, 9.17) is 22.1 Å². The molecule has 0 aliphatic heterocycles. The van der Waals surface area contributed by atoms with Crippen LogP contribution in [0.4, 0.5) is 0 Å². The Morgan fingerprint density at radius 2 is 2.13 bits per heavy atom. The second-order valence-corrected chi connectivity index (χ2v) is 3.43. The van der Waals surface area contributed by atoms with Gasteiger partial charge in [-0.3, -0.25) is 0 Å². The number of hydrogen-bond acceptors (Lipinski definition) is 3. The first-order valence-corrected chi connectivity index (χ1v) is 4.80. The smallest absolute Gasteiger partial charge is 0.142 e. The summed E-state index contributed by atoms with van der Waals surface area (Å²) in [7, 11) is 1.54. The van der Waals surface area contributed by atoms with Crippen LogP contribution >= 0.6 is 24.0 Å². The largest absolute Gasteiger partial charge is 0.506 e. The number of phenolic OH excluding ortho intramolecular Hbond substituents is 1. The second kappa shape index (κ2) is 6.05. The first-order valence-electron chi connectivity index (χ1n) is 4.42. The highest BCUT2D eigenvalue weighted by atomic mass is 35.5. The number of nitrogens with two attached hydrogens (primary N) is 1. The fourth-order valence-electron chi connectivity index (χ4n) is 1.30. The lowest BCUT2D eigenvalue weighted by molar-refractivity contribution is 0.392. The fourth-order valence-corrected chi connectivity index (χ4v) is 1.47. The van der Waals surface area contributed by atoms with Gasteiger partial charge in [0, 0.05) is 6.04 Å². The molecule has 0 aliphatic rings. The lowest BCUT2D eigenvalue weighted by Crippen LogP contribution is -2.10. The van der Waals surface area contributed by atoms with Crippen LogP contribution in [0, 0.1) is 0 Å². The van der Waals surface area contributed by atoms with E-state index in [1.807, 2.05) is 6.92 Å². The van der Waals surface area contributed by atoms with Gasteiger partial charge >= 0.3 is 0 Å². The van der Waals surface area contributed by atoms with Crippen molar-refractivity contribution in [1.82, 2.24) is 0 Å². The maximum atomic E-state index is 9.72. The van der Waals surface area contributed by atoms with Gasteiger partial charge in [0.1, 0.15) is 11.5 Å². The molecule has 1 atom stereocenters. The number of aromatic hydroxyl groups is 1. The Balaban J connectivity index is 0.00000196. The predicted octanol–water partition coefficient (Wildman–Crippen LogP) is 2.89. The number of methoxy groups -OCH3 is 1. The number of hydrogen-bond donors (Lipinski definition) is 2. The van der Waals surface area contributed by atoms with E-state index < -0.39 is 0 Å². The summed E-state index contributed by atoms with van der Waals surface area (Å²) in [5.74, 6) is 0.585. The van der Waals surface area contributed by atoms with Crippen molar-refractivity contribution in [2.75, 3.05) is 7.11 Å². The molecule has 0 fully saturated rings. The minimum absolute atomic E-state index is 0. The molecule has 15 heavy (non-hydrogen) atoms. The van der Waals surface area contributed by atoms with E-state index in [9.17, 15) is 5.11 Å². The number of phenols is 1. The van der Waals surface area contributed by atoms with Gasteiger partial charge in [0.05, 0.1) is 17.7 Å². The molecular weight excluding hydrogens is 237 g/mol. The highest BCUT2D eigenvalue weighted by molar-refractivity contribution is 6.32. The van der Waals surface area contributed by atoms with Crippen molar-refractivity contribution in [2.24, 2.45) is 5.73 Å². The van der Waals surface area contributed by atoms with Gasteiger partial charge in [0.25, 0.3) is 0 Å². The van der Waals surface area contributed by atoms with Crippen LogP contribution in [0.25, 0.3) is 0 Å². The minimum Gasteiger partial charge on any atom is -0.506 e. The summed E-state index contributed by atoms with van der Waals surface area (Å²) in [6.07, 6.45) is 0.713. The van der Waals surface area contributed by atoms with Gasteiger partial charge in [0.2, 0.25) is 0 Å². The molecule has 0 aliphatic carbocycles. The molecule has 0 saturated carbocycles. The highest BCUT2D eigenvalue weighted by Crippen LogP contribution is 2.38. The van der Waals surface area contributed by atoms with E-state index in [0.29, 0.717) is 22.8 Å². The van der Waals surface area contributed by atoms with Gasteiger partial charge in [-0.15, -0.1) is 12.4 Å². The molecular formula is C10H15Cl2NO2. The minimum atomic E-state index is -0.261. The normalized spacial score (nSPS) is 11.7. The van der Waals surface area contributed by atoms with Crippen molar-refractivity contribution in [3.8, 4) is 11.5 Å². The quantitative estimate of drug-likeness (QED) is 0.869. The monoisotopic (exact) mass is 251 g/mol. The molecule has 0 radical (unpaired) electrons. The molecule has 0 saturated heterocycles. The van der Waals surface area contributed by atoms with Crippen molar-refractivity contribution in [2.45, 2.75) is 19.4 Å².